The number of hydrogen-bond donors (Lipinski definition) is 1. The summed E-state index contributed by atoms with van der Waals surface area (Å²) in [5, 5.41) is 2.91. The van der Waals surface area contributed by atoms with E-state index in [4.69, 9.17) is 4.74 Å². The first kappa shape index (κ1) is 13.6. The van der Waals surface area contributed by atoms with E-state index in [1.54, 1.807) is 0 Å². The quantitative estimate of drug-likeness (QED) is 0.820. The van der Waals surface area contributed by atoms with Crippen LogP contribution in [0.15, 0.2) is 24.3 Å². The molecular weight excluding hydrogens is 214 g/mol. The Labute approximate surface area is 103 Å². The van der Waals surface area contributed by atoms with Crippen molar-refractivity contribution in [3.63, 3.8) is 0 Å². The number of nitrogens with one attached hydrogen (secondary N) is 1. The second kappa shape index (κ2) is 6.94. The maximum atomic E-state index is 11.8. The molecule has 3 nitrogen and oxygen atoms in total. The van der Waals surface area contributed by atoms with Gasteiger partial charge in [0.25, 0.3) is 0 Å². The summed E-state index contributed by atoms with van der Waals surface area (Å²) in [6.45, 7) is 6.64. The van der Waals surface area contributed by atoms with Crippen molar-refractivity contribution in [2.45, 2.75) is 33.6 Å². The Kier molecular flexibility index (Phi) is 5.53. The van der Waals surface area contributed by atoms with E-state index in [2.05, 4.69) is 12.2 Å². The number of anilines is 1. The summed E-state index contributed by atoms with van der Waals surface area (Å²) in [6.07, 6.45) is 1.79. The fourth-order valence-corrected chi connectivity index (χ4v) is 1.35. The van der Waals surface area contributed by atoms with Gasteiger partial charge in [0.2, 0.25) is 5.91 Å². The number of benzene rings is 1. The molecule has 0 spiro atoms. The lowest BCUT2D eigenvalue weighted by Gasteiger charge is -2.14. The second-order valence-electron chi connectivity index (χ2n) is 4.14. The van der Waals surface area contributed by atoms with E-state index in [0.717, 1.165) is 24.3 Å². The molecule has 1 N–H and O–H groups in total. The monoisotopic (exact) mass is 235 g/mol. The summed E-state index contributed by atoms with van der Waals surface area (Å²) in [7, 11) is 0. The highest BCUT2D eigenvalue weighted by molar-refractivity contribution is 5.93. The van der Waals surface area contributed by atoms with Crippen LogP contribution < -0.4 is 10.1 Å². The predicted molar refractivity (Wildman–Crippen MR) is 70.3 cm³/mol. The molecule has 0 aliphatic carbocycles. The van der Waals surface area contributed by atoms with Gasteiger partial charge in [-0.3, -0.25) is 4.79 Å². The molecule has 3 heteroatoms. The maximum Gasteiger partial charge on any atom is 0.227 e. The van der Waals surface area contributed by atoms with Gasteiger partial charge < -0.3 is 10.1 Å². The van der Waals surface area contributed by atoms with Crippen molar-refractivity contribution in [1.82, 2.24) is 0 Å². The normalized spacial score (nSPS) is 11.9. The molecule has 0 saturated heterocycles. The molecule has 0 aliphatic rings. The van der Waals surface area contributed by atoms with Crippen LogP contribution in [0.4, 0.5) is 5.69 Å². The van der Waals surface area contributed by atoms with Crippen LogP contribution in [-0.4, -0.2) is 12.5 Å². The summed E-state index contributed by atoms with van der Waals surface area (Å²) in [4.78, 5) is 11.8. The Bertz CT molecular complexity index is 363. The lowest BCUT2D eigenvalue weighted by atomic mass is 10.1. The Morgan fingerprint density at radius 1 is 1.35 bits per heavy atom. The Hall–Kier alpha value is -1.51. The largest absolute Gasteiger partial charge is 0.491 e. The molecule has 1 atom stereocenters. The van der Waals surface area contributed by atoms with Gasteiger partial charge in [-0.2, -0.15) is 0 Å². The number of amides is 1. The minimum atomic E-state index is 0.0224. The number of carbonyl (C=O) groups is 1. The zero-order chi connectivity index (χ0) is 12.7. The van der Waals surface area contributed by atoms with Crippen LogP contribution in [0.5, 0.6) is 5.75 Å². The van der Waals surface area contributed by atoms with Gasteiger partial charge in [0.15, 0.2) is 0 Å². The van der Waals surface area contributed by atoms with Crippen molar-refractivity contribution in [3.05, 3.63) is 24.3 Å². The smallest absolute Gasteiger partial charge is 0.227 e. The fraction of sp³-hybridized carbons (Fsp3) is 0.500. The number of para-hydroxylation sites is 2. The molecule has 1 aromatic carbocycles. The minimum Gasteiger partial charge on any atom is -0.491 e. The van der Waals surface area contributed by atoms with Gasteiger partial charge in [0.1, 0.15) is 5.75 Å². The molecule has 94 valence electrons. The third-order valence-electron chi connectivity index (χ3n) is 2.67. The Morgan fingerprint density at radius 3 is 2.71 bits per heavy atom. The molecule has 0 aliphatic heterocycles. The molecule has 0 bridgehead atoms. The summed E-state index contributed by atoms with van der Waals surface area (Å²) >= 11 is 0. The van der Waals surface area contributed by atoms with Gasteiger partial charge in [0.05, 0.1) is 12.3 Å². The molecule has 1 aromatic rings. The van der Waals surface area contributed by atoms with Crippen molar-refractivity contribution < 1.29 is 9.53 Å². The molecule has 1 amide bonds. The summed E-state index contributed by atoms with van der Waals surface area (Å²) in [6, 6.07) is 7.54. The van der Waals surface area contributed by atoms with Crippen molar-refractivity contribution in [2.24, 2.45) is 5.92 Å². The molecule has 0 heterocycles. The first-order valence-electron chi connectivity index (χ1n) is 6.21. The van der Waals surface area contributed by atoms with E-state index in [9.17, 15) is 4.79 Å². The standard InChI is InChI=1S/C14H21NO2/c1-4-10-17-13-9-7-6-8-12(13)15-14(16)11(3)5-2/h6-9,11H,4-5,10H2,1-3H3,(H,15,16). The minimum absolute atomic E-state index is 0.0224. The summed E-state index contributed by atoms with van der Waals surface area (Å²) in [5.41, 5.74) is 0.756. The van der Waals surface area contributed by atoms with E-state index < -0.39 is 0 Å². The van der Waals surface area contributed by atoms with Crippen LogP contribution >= 0.6 is 0 Å². The number of rotatable bonds is 6. The highest BCUT2D eigenvalue weighted by Gasteiger charge is 2.12. The molecule has 0 fully saturated rings. The zero-order valence-electron chi connectivity index (χ0n) is 10.8. The van der Waals surface area contributed by atoms with Crippen LogP contribution in [0, 0.1) is 5.92 Å². The number of ether oxygens (including phenoxy) is 1. The van der Waals surface area contributed by atoms with Crippen molar-refractivity contribution in [1.29, 1.82) is 0 Å². The van der Waals surface area contributed by atoms with Crippen LogP contribution in [0.2, 0.25) is 0 Å². The SMILES string of the molecule is CCCOc1ccccc1NC(=O)C(C)CC. The molecule has 0 saturated carbocycles. The van der Waals surface area contributed by atoms with Crippen molar-refractivity contribution >= 4 is 11.6 Å². The first-order valence-corrected chi connectivity index (χ1v) is 6.21. The second-order valence-corrected chi connectivity index (χ2v) is 4.14. The predicted octanol–water partition coefficient (Wildman–Crippen LogP) is 3.46. The van der Waals surface area contributed by atoms with Gasteiger partial charge in [-0.25, -0.2) is 0 Å². The highest BCUT2D eigenvalue weighted by atomic mass is 16.5. The van der Waals surface area contributed by atoms with E-state index in [1.807, 2.05) is 38.1 Å². The van der Waals surface area contributed by atoms with Crippen LogP contribution in [0.3, 0.4) is 0 Å². The zero-order valence-corrected chi connectivity index (χ0v) is 10.8. The number of carbonyl (C=O) groups excluding carboxylic acids is 1. The van der Waals surface area contributed by atoms with Crippen LogP contribution in [-0.2, 0) is 4.79 Å². The lowest BCUT2D eigenvalue weighted by molar-refractivity contribution is -0.119. The maximum absolute atomic E-state index is 11.8. The summed E-state index contributed by atoms with van der Waals surface area (Å²) in [5.74, 6) is 0.806. The average Bonchev–Trinajstić information content (AvgIpc) is 2.36. The third kappa shape index (κ3) is 4.10. The van der Waals surface area contributed by atoms with E-state index >= 15 is 0 Å². The van der Waals surface area contributed by atoms with E-state index in [0.29, 0.717) is 6.61 Å². The molecular formula is C14H21NO2. The molecule has 0 radical (unpaired) electrons. The van der Waals surface area contributed by atoms with Crippen LogP contribution in [0.1, 0.15) is 33.6 Å². The van der Waals surface area contributed by atoms with E-state index in [-0.39, 0.29) is 11.8 Å². The first-order chi connectivity index (χ1) is 8.19. The van der Waals surface area contributed by atoms with Crippen LogP contribution in [0.25, 0.3) is 0 Å². The average molecular weight is 235 g/mol. The molecule has 17 heavy (non-hydrogen) atoms. The van der Waals surface area contributed by atoms with Gasteiger partial charge in [0, 0.05) is 5.92 Å². The Balaban J connectivity index is 2.72. The van der Waals surface area contributed by atoms with Gasteiger partial charge >= 0.3 is 0 Å². The Morgan fingerprint density at radius 2 is 2.06 bits per heavy atom. The summed E-state index contributed by atoms with van der Waals surface area (Å²) < 4.78 is 5.59. The highest BCUT2D eigenvalue weighted by Crippen LogP contribution is 2.24. The molecule has 1 unspecified atom stereocenters. The molecule has 1 rings (SSSR count). The number of hydrogen-bond acceptors (Lipinski definition) is 2. The van der Waals surface area contributed by atoms with E-state index in [1.165, 1.54) is 0 Å². The van der Waals surface area contributed by atoms with Gasteiger partial charge in [-0.15, -0.1) is 0 Å². The topological polar surface area (TPSA) is 38.3 Å². The van der Waals surface area contributed by atoms with Gasteiger partial charge in [-0.05, 0) is 25.0 Å². The van der Waals surface area contributed by atoms with Crippen molar-refractivity contribution in [3.8, 4) is 5.75 Å². The fourth-order valence-electron chi connectivity index (χ4n) is 1.35. The third-order valence-corrected chi connectivity index (χ3v) is 2.67. The molecule has 0 aromatic heterocycles. The lowest BCUT2D eigenvalue weighted by Crippen LogP contribution is -2.20. The van der Waals surface area contributed by atoms with Gasteiger partial charge in [-0.1, -0.05) is 32.9 Å². The van der Waals surface area contributed by atoms with Crippen molar-refractivity contribution in [2.75, 3.05) is 11.9 Å².